The maximum atomic E-state index is 11.6. The van der Waals surface area contributed by atoms with Crippen molar-refractivity contribution in [3.05, 3.63) is 24.3 Å². The van der Waals surface area contributed by atoms with Gasteiger partial charge in [-0.15, -0.1) is 0 Å². The quantitative estimate of drug-likeness (QED) is 0.307. The van der Waals surface area contributed by atoms with E-state index in [1.165, 1.54) is 12.8 Å². The summed E-state index contributed by atoms with van der Waals surface area (Å²) in [6, 6.07) is 0.211. The Morgan fingerprint density at radius 1 is 1.04 bits per heavy atom. The van der Waals surface area contributed by atoms with Gasteiger partial charge in [-0.25, -0.2) is 0 Å². The Bertz CT molecular complexity index is 445. The van der Waals surface area contributed by atoms with E-state index in [-0.39, 0.29) is 18.1 Å². The van der Waals surface area contributed by atoms with Gasteiger partial charge in [0.25, 0.3) is 0 Å². The average molecular weight is 380 g/mol. The van der Waals surface area contributed by atoms with Crippen molar-refractivity contribution in [3.8, 4) is 0 Å². The van der Waals surface area contributed by atoms with Crippen molar-refractivity contribution >= 4 is 5.91 Å². The van der Waals surface area contributed by atoms with Crippen LogP contribution in [0.25, 0.3) is 0 Å². The normalized spacial score (nSPS) is 23.1. The molecule has 1 aliphatic rings. The van der Waals surface area contributed by atoms with Gasteiger partial charge in [-0.3, -0.25) is 4.79 Å². The van der Waals surface area contributed by atoms with E-state index in [9.17, 15) is 9.90 Å². The summed E-state index contributed by atoms with van der Waals surface area (Å²) >= 11 is 0. The Balaban J connectivity index is 2.21. The first-order chi connectivity index (χ1) is 13.0. The van der Waals surface area contributed by atoms with Gasteiger partial charge in [0.1, 0.15) is 0 Å². The van der Waals surface area contributed by atoms with Crippen molar-refractivity contribution in [1.82, 2.24) is 5.32 Å². The SMILES string of the molecule is CC(C)NC(=O)CCCC=CC[C@@H]1[C@H](O)CC[C@H]1C=CCCCCCCO. The topological polar surface area (TPSA) is 69.6 Å². The second kappa shape index (κ2) is 14.9. The highest BCUT2D eigenvalue weighted by atomic mass is 16.3. The monoisotopic (exact) mass is 379 g/mol. The van der Waals surface area contributed by atoms with Crippen LogP contribution in [0, 0.1) is 11.8 Å². The third kappa shape index (κ3) is 11.3. The van der Waals surface area contributed by atoms with Gasteiger partial charge in [-0.1, -0.05) is 37.1 Å². The van der Waals surface area contributed by atoms with Gasteiger partial charge in [0.15, 0.2) is 0 Å². The number of unbranched alkanes of at least 4 members (excludes halogenated alkanes) is 5. The van der Waals surface area contributed by atoms with E-state index in [2.05, 4.69) is 29.6 Å². The Morgan fingerprint density at radius 3 is 2.52 bits per heavy atom. The molecule has 1 saturated carbocycles. The first-order valence-electron chi connectivity index (χ1n) is 10.9. The van der Waals surface area contributed by atoms with Crippen LogP contribution in [0.5, 0.6) is 0 Å². The summed E-state index contributed by atoms with van der Waals surface area (Å²) in [6.45, 7) is 4.26. The van der Waals surface area contributed by atoms with Gasteiger partial charge in [0, 0.05) is 19.1 Å². The minimum atomic E-state index is -0.189. The van der Waals surface area contributed by atoms with E-state index in [4.69, 9.17) is 5.11 Å². The molecule has 1 rings (SSSR count). The molecule has 156 valence electrons. The summed E-state index contributed by atoms with van der Waals surface area (Å²) in [7, 11) is 0. The van der Waals surface area contributed by atoms with Crippen molar-refractivity contribution in [2.45, 2.75) is 96.6 Å². The summed E-state index contributed by atoms with van der Waals surface area (Å²) in [6.07, 6.45) is 19.5. The second-order valence-electron chi connectivity index (χ2n) is 8.15. The molecule has 0 bridgehead atoms. The van der Waals surface area contributed by atoms with Crippen molar-refractivity contribution in [2.24, 2.45) is 11.8 Å². The molecule has 0 radical (unpaired) electrons. The molecule has 0 heterocycles. The van der Waals surface area contributed by atoms with Crippen molar-refractivity contribution in [3.63, 3.8) is 0 Å². The lowest BCUT2D eigenvalue weighted by Gasteiger charge is -2.17. The minimum Gasteiger partial charge on any atom is -0.396 e. The summed E-state index contributed by atoms with van der Waals surface area (Å²) in [5, 5.41) is 22.0. The number of rotatable bonds is 14. The number of amides is 1. The number of carbonyl (C=O) groups is 1. The molecule has 4 nitrogen and oxygen atoms in total. The van der Waals surface area contributed by atoms with E-state index >= 15 is 0 Å². The fourth-order valence-electron chi connectivity index (χ4n) is 3.79. The molecule has 3 atom stereocenters. The lowest BCUT2D eigenvalue weighted by Crippen LogP contribution is -2.29. The molecule has 1 amide bonds. The van der Waals surface area contributed by atoms with E-state index in [0.29, 0.717) is 24.9 Å². The second-order valence-corrected chi connectivity index (χ2v) is 8.15. The van der Waals surface area contributed by atoms with Crippen LogP contribution in [-0.4, -0.2) is 34.9 Å². The van der Waals surface area contributed by atoms with Crippen LogP contribution < -0.4 is 5.32 Å². The predicted octanol–water partition coefficient (Wildman–Crippen LogP) is 4.51. The molecule has 0 spiro atoms. The molecule has 0 aromatic carbocycles. The zero-order valence-electron chi connectivity index (χ0n) is 17.4. The maximum Gasteiger partial charge on any atom is 0.220 e. The molecule has 27 heavy (non-hydrogen) atoms. The number of nitrogens with one attached hydrogen (secondary N) is 1. The molecular formula is C23H41NO3. The van der Waals surface area contributed by atoms with Crippen LogP contribution in [0.4, 0.5) is 0 Å². The van der Waals surface area contributed by atoms with E-state index in [0.717, 1.165) is 51.4 Å². The molecule has 0 aromatic rings. The maximum absolute atomic E-state index is 11.6. The summed E-state index contributed by atoms with van der Waals surface area (Å²) in [4.78, 5) is 11.6. The first kappa shape index (κ1) is 23.9. The third-order valence-electron chi connectivity index (χ3n) is 5.30. The molecule has 4 heteroatoms. The zero-order valence-corrected chi connectivity index (χ0v) is 17.4. The Labute approximate surface area is 166 Å². The highest BCUT2D eigenvalue weighted by Gasteiger charge is 2.32. The van der Waals surface area contributed by atoms with Crippen LogP contribution in [0.15, 0.2) is 24.3 Å². The average Bonchev–Trinajstić information content (AvgIpc) is 2.96. The molecule has 1 aliphatic carbocycles. The van der Waals surface area contributed by atoms with Crippen molar-refractivity contribution < 1.29 is 15.0 Å². The largest absolute Gasteiger partial charge is 0.396 e. The minimum absolute atomic E-state index is 0.131. The van der Waals surface area contributed by atoms with Crippen LogP contribution in [0.1, 0.15) is 84.5 Å². The third-order valence-corrected chi connectivity index (χ3v) is 5.30. The van der Waals surface area contributed by atoms with Crippen LogP contribution in [-0.2, 0) is 4.79 Å². The van der Waals surface area contributed by atoms with Gasteiger partial charge < -0.3 is 15.5 Å². The molecule has 1 fully saturated rings. The highest BCUT2D eigenvalue weighted by molar-refractivity contribution is 5.76. The molecule has 0 saturated heterocycles. The molecule has 0 aromatic heterocycles. The van der Waals surface area contributed by atoms with Crippen LogP contribution >= 0.6 is 0 Å². The zero-order chi connectivity index (χ0) is 19.9. The Morgan fingerprint density at radius 2 is 1.78 bits per heavy atom. The number of allylic oxidation sites excluding steroid dienone is 4. The molecule has 3 N–H and O–H groups in total. The molecular weight excluding hydrogens is 338 g/mol. The number of carbonyl (C=O) groups excluding carboxylic acids is 1. The van der Waals surface area contributed by atoms with Crippen LogP contribution in [0.2, 0.25) is 0 Å². The summed E-state index contributed by atoms with van der Waals surface area (Å²) in [5.74, 6) is 0.946. The highest BCUT2D eigenvalue weighted by Crippen LogP contribution is 2.36. The standard InChI is InChI=1S/C23H41NO3/c1-19(2)24-23(27)15-11-7-6-10-14-21-20(16-17-22(21)26)13-9-5-3-4-8-12-18-25/h6,9-10,13,19-22,25-26H,3-5,7-8,11-12,14-18H2,1-2H3,(H,24,27)/t20-,21+,22-/m1/s1. The van der Waals surface area contributed by atoms with Gasteiger partial charge >= 0.3 is 0 Å². The fourth-order valence-corrected chi connectivity index (χ4v) is 3.79. The Hall–Kier alpha value is -1.13. The molecule has 0 unspecified atom stereocenters. The smallest absolute Gasteiger partial charge is 0.220 e. The lowest BCUT2D eigenvalue weighted by molar-refractivity contribution is -0.121. The number of aliphatic hydroxyl groups is 2. The van der Waals surface area contributed by atoms with Crippen LogP contribution in [0.3, 0.4) is 0 Å². The molecule has 0 aliphatic heterocycles. The summed E-state index contributed by atoms with van der Waals surface area (Å²) < 4.78 is 0. The lowest BCUT2D eigenvalue weighted by atomic mass is 9.90. The van der Waals surface area contributed by atoms with Crippen molar-refractivity contribution in [1.29, 1.82) is 0 Å². The van der Waals surface area contributed by atoms with E-state index < -0.39 is 0 Å². The number of hydrogen-bond acceptors (Lipinski definition) is 3. The summed E-state index contributed by atoms with van der Waals surface area (Å²) in [5.41, 5.74) is 0. The number of aliphatic hydroxyl groups excluding tert-OH is 2. The van der Waals surface area contributed by atoms with E-state index in [1.54, 1.807) is 0 Å². The van der Waals surface area contributed by atoms with E-state index in [1.807, 2.05) is 13.8 Å². The van der Waals surface area contributed by atoms with Gasteiger partial charge in [0.2, 0.25) is 5.91 Å². The van der Waals surface area contributed by atoms with Crippen molar-refractivity contribution in [2.75, 3.05) is 6.61 Å². The first-order valence-corrected chi connectivity index (χ1v) is 10.9. The predicted molar refractivity (Wildman–Crippen MR) is 112 cm³/mol. The van der Waals surface area contributed by atoms with Gasteiger partial charge in [-0.05, 0) is 77.0 Å². The van der Waals surface area contributed by atoms with Gasteiger partial charge in [0.05, 0.1) is 6.10 Å². The van der Waals surface area contributed by atoms with Gasteiger partial charge in [-0.2, -0.15) is 0 Å². The fraction of sp³-hybridized carbons (Fsp3) is 0.783. The Kier molecular flexibility index (Phi) is 13.2. The number of hydrogen-bond donors (Lipinski definition) is 3.